The van der Waals surface area contributed by atoms with Crippen LogP contribution in [0.1, 0.15) is 26.3 Å². The molecule has 5 nitrogen and oxygen atoms in total. The standard InChI is InChI=1S/C14H11N3O2S2/c18-12-10-3-1-2-9(11(10)13(19)16-12)4-7-21-14(20)17-6-5-15-8-17/h1-3,5-6,8H,4,7H2,(H,16,18,19). The number of benzene rings is 1. The van der Waals surface area contributed by atoms with Crippen molar-refractivity contribution in [1.82, 2.24) is 14.9 Å². The van der Waals surface area contributed by atoms with Crippen molar-refractivity contribution in [2.45, 2.75) is 6.42 Å². The first-order valence-corrected chi connectivity index (χ1v) is 7.69. The molecule has 1 aromatic carbocycles. The third-order valence-corrected chi connectivity index (χ3v) is 4.59. The topological polar surface area (TPSA) is 64.0 Å². The van der Waals surface area contributed by atoms with Gasteiger partial charge >= 0.3 is 0 Å². The van der Waals surface area contributed by atoms with Crippen LogP contribution in [0.2, 0.25) is 0 Å². The Morgan fingerprint density at radius 3 is 2.95 bits per heavy atom. The molecular weight excluding hydrogens is 306 g/mol. The first-order chi connectivity index (χ1) is 10.2. The van der Waals surface area contributed by atoms with Crippen LogP contribution in [-0.2, 0) is 6.42 Å². The molecule has 2 aromatic rings. The smallest absolute Gasteiger partial charge is 0.259 e. The summed E-state index contributed by atoms with van der Waals surface area (Å²) in [5.41, 5.74) is 1.83. The van der Waals surface area contributed by atoms with Crippen molar-refractivity contribution in [1.29, 1.82) is 0 Å². The minimum Gasteiger partial charge on any atom is -0.291 e. The van der Waals surface area contributed by atoms with E-state index in [4.69, 9.17) is 12.2 Å². The molecule has 2 heterocycles. The van der Waals surface area contributed by atoms with Gasteiger partial charge in [0.05, 0.1) is 11.1 Å². The molecule has 0 saturated heterocycles. The zero-order valence-corrected chi connectivity index (χ0v) is 12.5. The molecular formula is C14H11N3O2S2. The van der Waals surface area contributed by atoms with Crippen LogP contribution in [0.3, 0.4) is 0 Å². The summed E-state index contributed by atoms with van der Waals surface area (Å²) in [6, 6.07) is 5.34. The molecule has 106 valence electrons. The van der Waals surface area contributed by atoms with Crippen LogP contribution in [0.25, 0.3) is 0 Å². The number of rotatable bonds is 3. The molecule has 7 heteroatoms. The Hall–Kier alpha value is -1.99. The minimum atomic E-state index is -0.321. The van der Waals surface area contributed by atoms with Crippen molar-refractivity contribution in [2.24, 2.45) is 0 Å². The molecule has 3 rings (SSSR count). The highest BCUT2D eigenvalue weighted by Gasteiger charge is 2.28. The number of hydrogen-bond donors (Lipinski definition) is 1. The largest absolute Gasteiger partial charge is 0.291 e. The third kappa shape index (κ3) is 2.74. The Morgan fingerprint density at radius 1 is 1.33 bits per heavy atom. The second kappa shape index (κ2) is 5.79. The van der Waals surface area contributed by atoms with E-state index in [1.165, 1.54) is 11.8 Å². The number of hydrogen-bond acceptors (Lipinski definition) is 5. The van der Waals surface area contributed by atoms with Gasteiger partial charge in [0.1, 0.15) is 10.6 Å². The normalized spacial score (nSPS) is 13.1. The van der Waals surface area contributed by atoms with Crippen molar-refractivity contribution in [3.63, 3.8) is 0 Å². The van der Waals surface area contributed by atoms with Crippen LogP contribution in [0.4, 0.5) is 0 Å². The van der Waals surface area contributed by atoms with Crippen molar-refractivity contribution in [3.8, 4) is 0 Å². The summed E-state index contributed by atoms with van der Waals surface area (Å²) in [7, 11) is 0. The molecule has 1 aliphatic heterocycles. The molecule has 1 N–H and O–H groups in total. The minimum absolute atomic E-state index is 0.312. The maximum Gasteiger partial charge on any atom is 0.259 e. The highest BCUT2D eigenvalue weighted by Crippen LogP contribution is 2.22. The third-order valence-electron chi connectivity index (χ3n) is 3.16. The molecule has 0 atom stereocenters. The lowest BCUT2D eigenvalue weighted by atomic mass is 10.0. The van der Waals surface area contributed by atoms with Crippen LogP contribution >= 0.6 is 24.0 Å². The average Bonchev–Trinajstić information content (AvgIpc) is 3.09. The van der Waals surface area contributed by atoms with E-state index < -0.39 is 0 Å². The second-order valence-corrected chi connectivity index (χ2v) is 6.19. The predicted molar refractivity (Wildman–Crippen MR) is 84.6 cm³/mol. The Labute approximate surface area is 130 Å². The second-order valence-electron chi connectivity index (χ2n) is 4.46. The van der Waals surface area contributed by atoms with Crippen LogP contribution in [-0.4, -0.2) is 31.4 Å². The molecule has 0 spiro atoms. The summed E-state index contributed by atoms with van der Waals surface area (Å²) < 4.78 is 2.48. The van der Waals surface area contributed by atoms with E-state index >= 15 is 0 Å². The Bertz CT molecular complexity index is 726. The Morgan fingerprint density at radius 2 is 2.19 bits per heavy atom. The van der Waals surface area contributed by atoms with E-state index in [-0.39, 0.29) is 11.8 Å². The van der Waals surface area contributed by atoms with Gasteiger partial charge in [-0.15, -0.1) is 0 Å². The number of thioether (sulfide) groups is 1. The maximum atomic E-state index is 11.8. The van der Waals surface area contributed by atoms with Gasteiger partial charge in [-0.25, -0.2) is 4.98 Å². The van der Waals surface area contributed by atoms with Gasteiger partial charge in [-0.2, -0.15) is 0 Å². The number of aryl methyl sites for hydroxylation is 1. The predicted octanol–water partition coefficient (Wildman–Crippen LogP) is 1.88. The van der Waals surface area contributed by atoms with Crippen molar-refractivity contribution >= 4 is 40.1 Å². The quantitative estimate of drug-likeness (QED) is 0.692. The van der Waals surface area contributed by atoms with E-state index in [0.29, 0.717) is 21.9 Å². The highest BCUT2D eigenvalue weighted by molar-refractivity contribution is 8.23. The molecule has 1 aromatic heterocycles. The molecule has 0 fully saturated rings. The summed E-state index contributed by atoms with van der Waals surface area (Å²) in [6.45, 7) is 0. The zero-order valence-electron chi connectivity index (χ0n) is 10.9. The van der Waals surface area contributed by atoms with E-state index in [1.54, 1.807) is 35.4 Å². The van der Waals surface area contributed by atoms with Crippen LogP contribution in [0.15, 0.2) is 36.9 Å². The fourth-order valence-electron chi connectivity index (χ4n) is 2.19. The van der Waals surface area contributed by atoms with Crippen molar-refractivity contribution < 1.29 is 9.59 Å². The van der Waals surface area contributed by atoms with Gasteiger partial charge in [0.25, 0.3) is 11.8 Å². The summed E-state index contributed by atoms with van der Waals surface area (Å²) in [6.07, 6.45) is 5.79. The molecule has 0 aliphatic carbocycles. The molecule has 1 aliphatic rings. The van der Waals surface area contributed by atoms with E-state index in [9.17, 15) is 9.59 Å². The monoisotopic (exact) mass is 317 g/mol. The van der Waals surface area contributed by atoms with Gasteiger partial charge in [0, 0.05) is 18.1 Å². The lowest BCUT2D eigenvalue weighted by Crippen LogP contribution is -2.20. The van der Waals surface area contributed by atoms with Gasteiger partial charge in [-0.1, -0.05) is 36.1 Å². The summed E-state index contributed by atoms with van der Waals surface area (Å²) >= 11 is 6.80. The van der Waals surface area contributed by atoms with Gasteiger partial charge < -0.3 is 0 Å². The molecule has 0 unspecified atom stereocenters. The fourth-order valence-corrected chi connectivity index (χ4v) is 3.30. The Balaban J connectivity index is 1.68. The number of amides is 2. The number of carbonyl (C=O) groups is 2. The molecule has 21 heavy (non-hydrogen) atoms. The summed E-state index contributed by atoms with van der Waals surface area (Å²) in [4.78, 5) is 27.3. The van der Waals surface area contributed by atoms with E-state index in [0.717, 1.165) is 11.3 Å². The summed E-state index contributed by atoms with van der Waals surface area (Å²) in [5, 5.41) is 2.32. The Kier molecular flexibility index (Phi) is 3.85. The van der Waals surface area contributed by atoms with E-state index in [2.05, 4.69) is 10.3 Å². The van der Waals surface area contributed by atoms with Gasteiger partial charge in [-0.05, 0) is 18.1 Å². The first kappa shape index (κ1) is 14.0. The van der Waals surface area contributed by atoms with Gasteiger partial charge in [-0.3, -0.25) is 19.5 Å². The number of imidazole rings is 1. The van der Waals surface area contributed by atoms with E-state index in [1.807, 2.05) is 6.07 Å². The molecule has 2 amide bonds. The van der Waals surface area contributed by atoms with Crippen LogP contribution in [0.5, 0.6) is 0 Å². The van der Waals surface area contributed by atoms with Crippen LogP contribution in [0, 0.1) is 0 Å². The van der Waals surface area contributed by atoms with Gasteiger partial charge in [0.15, 0.2) is 0 Å². The molecule has 0 saturated carbocycles. The maximum absolute atomic E-state index is 11.8. The summed E-state index contributed by atoms with van der Waals surface area (Å²) in [5.74, 6) is 0.0980. The van der Waals surface area contributed by atoms with Gasteiger partial charge in [0.2, 0.25) is 0 Å². The molecule has 0 bridgehead atoms. The number of nitrogens with zero attached hydrogens (tertiary/aromatic N) is 2. The van der Waals surface area contributed by atoms with Crippen LogP contribution < -0.4 is 5.32 Å². The highest BCUT2D eigenvalue weighted by atomic mass is 32.2. The number of fused-ring (bicyclic) bond motifs is 1. The number of aromatic nitrogens is 2. The number of carbonyl (C=O) groups excluding carboxylic acids is 2. The van der Waals surface area contributed by atoms with Crippen molar-refractivity contribution in [3.05, 3.63) is 53.6 Å². The fraction of sp³-hybridized carbons (Fsp3) is 0.143. The molecule has 0 radical (unpaired) electrons. The number of nitrogens with one attached hydrogen (secondary N) is 1. The average molecular weight is 317 g/mol. The number of thiocarbonyl (C=S) groups is 1. The number of imide groups is 1. The lowest BCUT2D eigenvalue weighted by Gasteiger charge is -2.07. The SMILES string of the molecule is O=C1NC(=O)c2c(CCSC(=S)n3ccnc3)cccc21. The zero-order chi connectivity index (χ0) is 14.8. The van der Waals surface area contributed by atoms with Crippen molar-refractivity contribution in [2.75, 3.05) is 5.75 Å². The first-order valence-electron chi connectivity index (χ1n) is 6.29. The lowest BCUT2D eigenvalue weighted by molar-refractivity contribution is 0.0879.